The Bertz CT molecular complexity index is 1080. The molecule has 1 amide bonds. The predicted molar refractivity (Wildman–Crippen MR) is 111 cm³/mol. The summed E-state index contributed by atoms with van der Waals surface area (Å²) in [7, 11) is 0. The summed E-state index contributed by atoms with van der Waals surface area (Å²) in [4.78, 5) is 21.4. The fourth-order valence-corrected chi connectivity index (χ4v) is 3.40. The predicted octanol–water partition coefficient (Wildman–Crippen LogP) is 4.24. The van der Waals surface area contributed by atoms with Gasteiger partial charge in [0.05, 0.1) is 18.3 Å². The fourth-order valence-electron chi connectivity index (χ4n) is 2.65. The number of nitrogens with one attached hydrogen (secondary N) is 2. The summed E-state index contributed by atoms with van der Waals surface area (Å²) < 4.78 is 5.57. The van der Waals surface area contributed by atoms with Gasteiger partial charge in [0.2, 0.25) is 0 Å². The van der Waals surface area contributed by atoms with Gasteiger partial charge in [0.1, 0.15) is 17.2 Å². The molecule has 0 saturated heterocycles. The van der Waals surface area contributed by atoms with Gasteiger partial charge in [0.25, 0.3) is 5.91 Å². The minimum absolute atomic E-state index is 0.162. The zero-order chi connectivity index (χ0) is 19.2. The number of thiazole rings is 1. The Kier molecular flexibility index (Phi) is 5.44. The van der Waals surface area contributed by atoms with Gasteiger partial charge in [0, 0.05) is 17.3 Å². The van der Waals surface area contributed by atoms with Crippen LogP contribution < -0.4 is 15.4 Å². The molecule has 7 heteroatoms. The Balaban J connectivity index is 1.31. The van der Waals surface area contributed by atoms with Gasteiger partial charge in [-0.2, -0.15) is 0 Å². The van der Waals surface area contributed by atoms with E-state index in [1.807, 2.05) is 60.7 Å². The van der Waals surface area contributed by atoms with E-state index in [2.05, 4.69) is 20.6 Å². The summed E-state index contributed by atoms with van der Waals surface area (Å²) in [5.74, 6) is 0.622. The molecule has 0 aliphatic heterocycles. The first-order valence-corrected chi connectivity index (χ1v) is 9.63. The SMILES string of the molecule is O=C(NCCOc1ccccc1)c1cnc(Nc2ccc3ncccc3c2)s1. The second-order valence-electron chi connectivity index (χ2n) is 5.98. The minimum Gasteiger partial charge on any atom is -0.492 e. The van der Waals surface area contributed by atoms with Crippen molar-refractivity contribution in [3.05, 3.63) is 77.9 Å². The fraction of sp³-hybridized carbons (Fsp3) is 0.0952. The summed E-state index contributed by atoms with van der Waals surface area (Å²) in [6.07, 6.45) is 3.34. The molecule has 140 valence electrons. The Morgan fingerprint density at radius 3 is 2.82 bits per heavy atom. The number of nitrogens with zero attached hydrogens (tertiary/aromatic N) is 2. The maximum absolute atomic E-state index is 12.3. The minimum atomic E-state index is -0.162. The number of carbonyl (C=O) groups is 1. The summed E-state index contributed by atoms with van der Waals surface area (Å²) in [5.41, 5.74) is 1.84. The van der Waals surface area contributed by atoms with Crippen molar-refractivity contribution in [3.63, 3.8) is 0 Å². The summed E-state index contributed by atoms with van der Waals surface area (Å²) >= 11 is 1.30. The molecule has 0 atom stereocenters. The van der Waals surface area contributed by atoms with E-state index >= 15 is 0 Å². The number of ether oxygens (including phenoxy) is 1. The average Bonchev–Trinajstić information content (AvgIpc) is 3.20. The second-order valence-corrected chi connectivity index (χ2v) is 7.01. The monoisotopic (exact) mass is 390 g/mol. The van der Waals surface area contributed by atoms with E-state index in [0.717, 1.165) is 22.3 Å². The number of carbonyl (C=O) groups excluding carboxylic acids is 1. The highest BCUT2D eigenvalue weighted by Gasteiger charge is 2.10. The van der Waals surface area contributed by atoms with Crippen molar-refractivity contribution < 1.29 is 9.53 Å². The van der Waals surface area contributed by atoms with Crippen molar-refractivity contribution in [3.8, 4) is 5.75 Å². The molecule has 2 N–H and O–H groups in total. The van der Waals surface area contributed by atoms with E-state index in [1.54, 1.807) is 12.4 Å². The molecule has 0 aliphatic carbocycles. The first kappa shape index (κ1) is 17.9. The van der Waals surface area contributed by atoms with Crippen molar-refractivity contribution >= 4 is 39.0 Å². The van der Waals surface area contributed by atoms with Crippen molar-refractivity contribution in [2.75, 3.05) is 18.5 Å². The Hall–Kier alpha value is -3.45. The molecule has 0 spiro atoms. The van der Waals surface area contributed by atoms with Crippen LogP contribution in [0.5, 0.6) is 5.75 Å². The van der Waals surface area contributed by atoms with Crippen LogP contribution in [0.4, 0.5) is 10.8 Å². The Labute approximate surface area is 166 Å². The third kappa shape index (κ3) is 4.44. The number of rotatable bonds is 7. The topological polar surface area (TPSA) is 76.1 Å². The normalized spacial score (nSPS) is 10.6. The first-order valence-electron chi connectivity index (χ1n) is 8.82. The van der Waals surface area contributed by atoms with E-state index in [0.29, 0.717) is 23.2 Å². The van der Waals surface area contributed by atoms with E-state index in [4.69, 9.17) is 4.74 Å². The van der Waals surface area contributed by atoms with Crippen LogP contribution in [0.25, 0.3) is 10.9 Å². The van der Waals surface area contributed by atoms with E-state index < -0.39 is 0 Å². The molecular weight excluding hydrogens is 372 g/mol. The number of aromatic nitrogens is 2. The Morgan fingerprint density at radius 2 is 1.93 bits per heavy atom. The lowest BCUT2D eigenvalue weighted by Gasteiger charge is -2.06. The summed E-state index contributed by atoms with van der Waals surface area (Å²) in [6.45, 7) is 0.830. The number of hydrogen-bond donors (Lipinski definition) is 2. The van der Waals surface area contributed by atoms with Gasteiger partial charge in [-0.15, -0.1) is 0 Å². The highest BCUT2D eigenvalue weighted by molar-refractivity contribution is 7.17. The molecule has 2 heterocycles. The van der Waals surface area contributed by atoms with Crippen LogP contribution in [0.1, 0.15) is 9.67 Å². The molecule has 0 saturated carbocycles. The lowest BCUT2D eigenvalue weighted by molar-refractivity contribution is 0.0951. The van der Waals surface area contributed by atoms with Crippen LogP contribution in [-0.4, -0.2) is 29.0 Å². The molecule has 4 aromatic rings. The van der Waals surface area contributed by atoms with Crippen LogP contribution >= 0.6 is 11.3 Å². The highest BCUT2D eigenvalue weighted by atomic mass is 32.1. The van der Waals surface area contributed by atoms with Crippen LogP contribution in [0, 0.1) is 0 Å². The molecular formula is C21H18N4O2S. The van der Waals surface area contributed by atoms with Crippen LogP contribution in [0.3, 0.4) is 0 Å². The molecule has 0 fully saturated rings. The zero-order valence-corrected chi connectivity index (χ0v) is 15.8. The Morgan fingerprint density at radius 1 is 1.04 bits per heavy atom. The summed E-state index contributed by atoms with van der Waals surface area (Å²) in [5, 5.41) is 7.78. The largest absolute Gasteiger partial charge is 0.492 e. The third-order valence-electron chi connectivity index (χ3n) is 3.98. The van der Waals surface area contributed by atoms with Crippen LogP contribution in [-0.2, 0) is 0 Å². The quantitative estimate of drug-likeness (QED) is 0.462. The maximum Gasteiger partial charge on any atom is 0.263 e. The van der Waals surface area contributed by atoms with Crippen molar-refractivity contribution in [1.29, 1.82) is 0 Å². The number of para-hydroxylation sites is 1. The van der Waals surface area contributed by atoms with Gasteiger partial charge in [-0.25, -0.2) is 4.98 Å². The van der Waals surface area contributed by atoms with E-state index in [1.165, 1.54) is 11.3 Å². The number of benzene rings is 2. The van der Waals surface area contributed by atoms with Crippen molar-refractivity contribution in [1.82, 2.24) is 15.3 Å². The standard InChI is InChI=1S/C21H18N4O2S/c26-20(23-11-12-27-17-6-2-1-3-7-17)19-14-24-21(28-19)25-16-8-9-18-15(13-16)5-4-10-22-18/h1-10,13-14H,11-12H2,(H,23,26)(H,24,25). The van der Waals surface area contributed by atoms with Gasteiger partial charge < -0.3 is 15.4 Å². The number of fused-ring (bicyclic) bond motifs is 1. The first-order chi connectivity index (χ1) is 13.8. The molecule has 0 bridgehead atoms. The van der Waals surface area contributed by atoms with Gasteiger partial charge >= 0.3 is 0 Å². The molecule has 2 aromatic heterocycles. The third-order valence-corrected chi connectivity index (χ3v) is 4.89. The molecule has 2 aromatic carbocycles. The van der Waals surface area contributed by atoms with Crippen molar-refractivity contribution in [2.24, 2.45) is 0 Å². The maximum atomic E-state index is 12.3. The molecule has 0 radical (unpaired) electrons. The lowest BCUT2D eigenvalue weighted by atomic mass is 10.2. The van der Waals surface area contributed by atoms with Gasteiger partial charge in [-0.1, -0.05) is 35.6 Å². The number of pyridine rings is 1. The van der Waals surface area contributed by atoms with Gasteiger partial charge in [-0.3, -0.25) is 9.78 Å². The smallest absolute Gasteiger partial charge is 0.263 e. The van der Waals surface area contributed by atoms with Gasteiger partial charge in [-0.05, 0) is 36.4 Å². The number of anilines is 2. The molecule has 0 aliphatic rings. The summed E-state index contributed by atoms with van der Waals surface area (Å²) in [6, 6.07) is 19.3. The molecule has 28 heavy (non-hydrogen) atoms. The zero-order valence-electron chi connectivity index (χ0n) is 15.0. The number of hydrogen-bond acceptors (Lipinski definition) is 6. The number of amides is 1. The highest BCUT2D eigenvalue weighted by Crippen LogP contribution is 2.24. The van der Waals surface area contributed by atoms with Crippen molar-refractivity contribution in [2.45, 2.75) is 0 Å². The van der Waals surface area contributed by atoms with Gasteiger partial charge in [0.15, 0.2) is 5.13 Å². The molecule has 6 nitrogen and oxygen atoms in total. The lowest BCUT2D eigenvalue weighted by Crippen LogP contribution is -2.27. The van der Waals surface area contributed by atoms with Crippen LogP contribution in [0.2, 0.25) is 0 Å². The van der Waals surface area contributed by atoms with Crippen LogP contribution in [0.15, 0.2) is 73.1 Å². The second kappa shape index (κ2) is 8.49. The van der Waals surface area contributed by atoms with E-state index in [-0.39, 0.29) is 5.91 Å². The molecule has 4 rings (SSSR count). The van der Waals surface area contributed by atoms with E-state index in [9.17, 15) is 4.79 Å². The molecule has 0 unspecified atom stereocenters. The average molecular weight is 390 g/mol.